The monoisotopic (exact) mass is 334 g/mol. The van der Waals surface area contributed by atoms with E-state index in [4.69, 9.17) is 0 Å². The summed E-state index contributed by atoms with van der Waals surface area (Å²) in [6.07, 6.45) is 3.49. The van der Waals surface area contributed by atoms with Crippen LogP contribution < -0.4 is 5.32 Å². The van der Waals surface area contributed by atoms with Crippen LogP contribution in [0.3, 0.4) is 0 Å². The minimum Gasteiger partial charge on any atom is -0.345 e. The SMILES string of the molecule is Cc1nn(Cc2ccccc2)c(C)c1C(=O)NC(C)c1cccnc1. The van der Waals surface area contributed by atoms with E-state index in [9.17, 15) is 4.79 Å². The van der Waals surface area contributed by atoms with Gasteiger partial charge in [0.25, 0.3) is 5.91 Å². The zero-order valence-electron chi connectivity index (χ0n) is 14.7. The summed E-state index contributed by atoms with van der Waals surface area (Å²) in [6.45, 7) is 6.41. The third-order valence-corrected chi connectivity index (χ3v) is 4.32. The van der Waals surface area contributed by atoms with Gasteiger partial charge in [-0.2, -0.15) is 5.10 Å². The van der Waals surface area contributed by atoms with E-state index in [1.165, 1.54) is 0 Å². The van der Waals surface area contributed by atoms with Crippen molar-refractivity contribution in [3.8, 4) is 0 Å². The van der Waals surface area contributed by atoms with E-state index < -0.39 is 0 Å². The van der Waals surface area contributed by atoms with E-state index in [0.29, 0.717) is 12.1 Å². The molecule has 0 saturated heterocycles. The van der Waals surface area contributed by atoms with Crippen molar-refractivity contribution in [1.29, 1.82) is 0 Å². The van der Waals surface area contributed by atoms with Gasteiger partial charge in [-0.05, 0) is 38.0 Å². The third kappa shape index (κ3) is 3.76. The van der Waals surface area contributed by atoms with Crippen molar-refractivity contribution in [2.24, 2.45) is 0 Å². The minimum absolute atomic E-state index is 0.106. The van der Waals surface area contributed by atoms with Crippen molar-refractivity contribution in [3.63, 3.8) is 0 Å². The van der Waals surface area contributed by atoms with Gasteiger partial charge in [-0.25, -0.2) is 0 Å². The third-order valence-electron chi connectivity index (χ3n) is 4.32. The molecule has 1 amide bonds. The van der Waals surface area contributed by atoms with Crippen molar-refractivity contribution in [2.45, 2.75) is 33.4 Å². The first kappa shape index (κ1) is 16.9. The van der Waals surface area contributed by atoms with Crippen molar-refractivity contribution < 1.29 is 4.79 Å². The largest absolute Gasteiger partial charge is 0.345 e. The highest BCUT2D eigenvalue weighted by Crippen LogP contribution is 2.17. The number of carbonyl (C=O) groups is 1. The fourth-order valence-electron chi connectivity index (χ4n) is 2.92. The molecule has 3 aromatic rings. The first-order valence-electron chi connectivity index (χ1n) is 8.35. The van der Waals surface area contributed by atoms with E-state index in [2.05, 4.69) is 27.5 Å². The first-order chi connectivity index (χ1) is 12.1. The highest BCUT2D eigenvalue weighted by atomic mass is 16.1. The van der Waals surface area contributed by atoms with Crippen LogP contribution in [0, 0.1) is 13.8 Å². The summed E-state index contributed by atoms with van der Waals surface area (Å²) in [7, 11) is 0. The van der Waals surface area contributed by atoms with E-state index >= 15 is 0 Å². The van der Waals surface area contributed by atoms with Gasteiger partial charge in [-0.3, -0.25) is 14.5 Å². The second-order valence-corrected chi connectivity index (χ2v) is 6.17. The van der Waals surface area contributed by atoms with Gasteiger partial charge < -0.3 is 5.32 Å². The number of aromatic nitrogens is 3. The second kappa shape index (κ2) is 7.30. The van der Waals surface area contributed by atoms with Crippen LogP contribution in [0.5, 0.6) is 0 Å². The van der Waals surface area contributed by atoms with E-state index in [1.54, 1.807) is 12.4 Å². The average Bonchev–Trinajstić information content (AvgIpc) is 2.90. The van der Waals surface area contributed by atoms with E-state index in [-0.39, 0.29) is 11.9 Å². The molecule has 0 aliphatic heterocycles. The molecule has 0 spiro atoms. The lowest BCUT2D eigenvalue weighted by molar-refractivity contribution is 0.0938. The van der Waals surface area contributed by atoms with Gasteiger partial charge in [-0.1, -0.05) is 36.4 Å². The summed E-state index contributed by atoms with van der Waals surface area (Å²) < 4.78 is 1.88. The number of rotatable bonds is 5. The van der Waals surface area contributed by atoms with Gasteiger partial charge >= 0.3 is 0 Å². The average molecular weight is 334 g/mol. The lowest BCUT2D eigenvalue weighted by Gasteiger charge is -2.14. The molecule has 25 heavy (non-hydrogen) atoms. The lowest BCUT2D eigenvalue weighted by Crippen LogP contribution is -2.27. The predicted molar refractivity (Wildman–Crippen MR) is 97.4 cm³/mol. The maximum Gasteiger partial charge on any atom is 0.255 e. The molecule has 0 aliphatic rings. The molecule has 0 radical (unpaired) electrons. The zero-order chi connectivity index (χ0) is 17.8. The van der Waals surface area contributed by atoms with Crippen LogP contribution in [0.2, 0.25) is 0 Å². The first-order valence-corrected chi connectivity index (χ1v) is 8.35. The number of pyridine rings is 1. The fourth-order valence-corrected chi connectivity index (χ4v) is 2.92. The molecule has 2 aromatic heterocycles. The van der Waals surface area contributed by atoms with Gasteiger partial charge in [0.15, 0.2) is 0 Å². The Morgan fingerprint density at radius 3 is 2.60 bits per heavy atom. The molecule has 1 N–H and O–H groups in total. The smallest absolute Gasteiger partial charge is 0.255 e. The summed E-state index contributed by atoms with van der Waals surface area (Å²) >= 11 is 0. The molecule has 2 heterocycles. The Morgan fingerprint density at radius 1 is 1.16 bits per heavy atom. The second-order valence-electron chi connectivity index (χ2n) is 6.17. The molecule has 3 rings (SSSR count). The van der Waals surface area contributed by atoms with E-state index in [0.717, 1.165) is 22.5 Å². The maximum atomic E-state index is 12.8. The Balaban J connectivity index is 1.79. The van der Waals surface area contributed by atoms with E-state index in [1.807, 2.05) is 55.8 Å². The fraction of sp³-hybridized carbons (Fsp3) is 0.250. The van der Waals surface area contributed by atoms with Gasteiger partial charge in [0.1, 0.15) is 0 Å². The summed E-state index contributed by atoms with van der Waals surface area (Å²) in [5.74, 6) is -0.106. The van der Waals surface area contributed by atoms with Crippen LogP contribution in [0.4, 0.5) is 0 Å². The number of hydrogen-bond donors (Lipinski definition) is 1. The Hall–Kier alpha value is -2.95. The highest BCUT2D eigenvalue weighted by Gasteiger charge is 2.20. The standard InChI is InChI=1S/C20H22N4O/c1-14(18-10-7-11-21-12-18)22-20(25)19-15(2)23-24(16(19)3)13-17-8-5-4-6-9-17/h4-12,14H,13H2,1-3H3,(H,22,25). The quantitative estimate of drug-likeness (QED) is 0.777. The molecule has 0 bridgehead atoms. The molecular weight excluding hydrogens is 312 g/mol. The van der Waals surface area contributed by atoms with Gasteiger partial charge in [0.2, 0.25) is 0 Å². The number of benzene rings is 1. The number of carbonyl (C=O) groups excluding carboxylic acids is 1. The van der Waals surface area contributed by atoms with Crippen molar-refractivity contribution in [2.75, 3.05) is 0 Å². The Kier molecular flexibility index (Phi) is 4.93. The number of hydrogen-bond acceptors (Lipinski definition) is 3. The molecule has 1 aromatic carbocycles. The highest BCUT2D eigenvalue weighted by molar-refractivity contribution is 5.96. The molecule has 128 valence electrons. The predicted octanol–water partition coefficient (Wildman–Crippen LogP) is 3.43. The van der Waals surface area contributed by atoms with Crippen LogP contribution in [-0.2, 0) is 6.54 Å². The van der Waals surface area contributed by atoms with Crippen LogP contribution in [0.25, 0.3) is 0 Å². The Bertz CT molecular complexity index is 856. The van der Waals surface area contributed by atoms with Gasteiger partial charge in [0, 0.05) is 18.1 Å². The van der Waals surface area contributed by atoms with Crippen LogP contribution in [0.1, 0.15) is 45.8 Å². The number of amides is 1. The van der Waals surface area contributed by atoms with Crippen molar-refractivity contribution in [1.82, 2.24) is 20.1 Å². The molecule has 1 atom stereocenters. The van der Waals surface area contributed by atoms with Crippen LogP contribution in [0.15, 0.2) is 54.9 Å². The number of aryl methyl sites for hydroxylation is 1. The number of nitrogens with one attached hydrogen (secondary N) is 1. The molecule has 0 saturated carbocycles. The van der Waals surface area contributed by atoms with Crippen LogP contribution >= 0.6 is 0 Å². The molecule has 5 heteroatoms. The molecule has 0 aliphatic carbocycles. The minimum atomic E-state index is -0.113. The summed E-state index contributed by atoms with van der Waals surface area (Å²) in [5.41, 5.74) is 4.39. The van der Waals surface area contributed by atoms with Crippen LogP contribution in [-0.4, -0.2) is 20.7 Å². The molecular formula is C20H22N4O. The summed E-state index contributed by atoms with van der Waals surface area (Å²) in [5, 5.41) is 7.59. The van der Waals surface area contributed by atoms with Gasteiger partial charge in [-0.15, -0.1) is 0 Å². The molecule has 1 unspecified atom stereocenters. The number of nitrogens with zero attached hydrogens (tertiary/aromatic N) is 3. The normalized spacial score (nSPS) is 12.0. The molecule has 5 nitrogen and oxygen atoms in total. The summed E-state index contributed by atoms with van der Waals surface area (Å²) in [6, 6.07) is 13.8. The summed E-state index contributed by atoms with van der Waals surface area (Å²) in [4.78, 5) is 16.9. The maximum absolute atomic E-state index is 12.8. The lowest BCUT2D eigenvalue weighted by atomic mass is 10.1. The van der Waals surface area contributed by atoms with Crippen molar-refractivity contribution >= 4 is 5.91 Å². The Morgan fingerprint density at radius 2 is 1.92 bits per heavy atom. The van der Waals surface area contributed by atoms with Gasteiger partial charge in [0.05, 0.1) is 23.8 Å². The zero-order valence-corrected chi connectivity index (χ0v) is 14.7. The topological polar surface area (TPSA) is 59.8 Å². The van der Waals surface area contributed by atoms with Crippen molar-refractivity contribution in [3.05, 3.63) is 82.9 Å². The Labute approximate surface area is 147 Å². The molecule has 0 fully saturated rings.